The number of carboxylic acid groups (broad SMARTS) is 3. The fraction of sp³-hybridized carbons (Fsp3) is 0.889. The number of carboxylic acids is 3. The van der Waals surface area contributed by atoms with Crippen LogP contribution in [0.15, 0.2) is 0 Å². The van der Waals surface area contributed by atoms with Crippen molar-refractivity contribution in [1.82, 2.24) is 0 Å². The molecular formula is C36H68O14S2. The minimum atomic E-state index is -5.02. The minimum absolute atomic E-state index is 0.0225. The Balaban J connectivity index is 0. The van der Waals surface area contributed by atoms with Crippen LogP contribution in [0.2, 0.25) is 0 Å². The van der Waals surface area contributed by atoms with E-state index in [-0.39, 0.29) is 13.0 Å². The Morgan fingerprint density at radius 2 is 0.923 bits per heavy atom. The summed E-state index contributed by atoms with van der Waals surface area (Å²) in [5.41, 5.74) is 0. The van der Waals surface area contributed by atoms with Gasteiger partial charge in [0.05, 0.1) is 19.4 Å². The van der Waals surface area contributed by atoms with Crippen molar-refractivity contribution >= 4 is 44.1 Å². The highest BCUT2D eigenvalue weighted by Crippen LogP contribution is 2.29. The number of unbranched alkanes of at least 4 members (excludes halogenated alkanes) is 16. The molecule has 0 aliphatic rings. The van der Waals surface area contributed by atoms with Gasteiger partial charge in [-0.15, -0.1) is 0 Å². The Hall–Kier alpha value is -2.30. The van der Waals surface area contributed by atoms with Gasteiger partial charge in [0.15, 0.2) is 5.25 Å². The van der Waals surface area contributed by atoms with Crippen molar-refractivity contribution < 1.29 is 65.2 Å². The van der Waals surface area contributed by atoms with Crippen LogP contribution < -0.4 is 0 Å². The SMILES string of the molecule is CC(C)CCCCCCCCCCCCCCCC(CC(=O)O)(C(=O)O)S(=O)(=O)O.CC(C)CCCCCCCOC(=O)C(CC(=O)O)S(=O)(=O)O. The first kappa shape index (κ1) is 51.8. The van der Waals surface area contributed by atoms with Crippen LogP contribution in [0.25, 0.3) is 0 Å². The van der Waals surface area contributed by atoms with Crippen molar-refractivity contribution in [2.24, 2.45) is 11.8 Å². The van der Waals surface area contributed by atoms with Crippen molar-refractivity contribution in [1.29, 1.82) is 0 Å². The van der Waals surface area contributed by atoms with Gasteiger partial charge in [0.25, 0.3) is 20.2 Å². The zero-order chi connectivity index (χ0) is 40.2. The molecule has 0 saturated heterocycles. The van der Waals surface area contributed by atoms with E-state index < -0.39 is 73.4 Å². The van der Waals surface area contributed by atoms with Crippen molar-refractivity contribution in [2.75, 3.05) is 6.61 Å². The second kappa shape index (κ2) is 29.1. The molecule has 0 aliphatic carbocycles. The van der Waals surface area contributed by atoms with E-state index in [9.17, 15) is 45.7 Å². The molecule has 14 nitrogen and oxygen atoms in total. The summed E-state index contributed by atoms with van der Waals surface area (Å²) in [4.78, 5) is 44.3. The van der Waals surface area contributed by atoms with E-state index >= 15 is 0 Å². The van der Waals surface area contributed by atoms with Crippen LogP contribution in [-0.2, 0) is 44.2 Å². The summed E-state index contributed by atoms with van der Waals surface area (Å²) in [6, 6.07) is 0. The lowest BCUT2D eigenvalue weighted by atomic mass is 9.96. The lowest BCUT2D eigenvalue weighted by Gasteiger charge is -2.24. The van der Waals surface area contributed by atoms with Crippen LogP contribution in [0.1, 0.15) is 175 Å². The van der Waals surface area contributed by atoms with Gasteiger partial charge in [0, 0.05) is 0 Å². The van der Waals surface area contributed by atoms with Gasteiger partial charge in [-0.1, -0.05) is 150 Å². The molecule has 52 heavy (non-hydrogen) atoms. The van der Waals surface area contributed by atoms with Crippen LogP contribution in [0, 0.1) is 11.8 Å². The summed E-state index contributed by atoms with van der Waals surface area (Å²) < 4.78 is 65.2. The average molecular weight is 789 g/mol. The molecular weight excluding hydrogens is 721 g/mol. The maximum atomic E-state index is 11.5. The second-order valence-electron chi connectivity index (χ2n) is 14.6. The Morgan fingerprint density at radius 3 is 1.23 bits per heavy atom. The zero-order valence-corrected chi connectivity index (χ0v) is 33.6. The Morgan fingerprint density at radius 1 is 0.558 bits per heavy atom. The Bertz CT molecular complexity index is 1220. The number of rotatable bonds is 32. The van der Waals surface area contributed by atoms with Crippen LogP contribution in [0.4, 0.5) is 0 Å². The fourth-order valence-corrected chi connectivity index (χ4v) is 7.27. The molecule has 2 unspecified atom stereocenters. The molecule has 0 aromatic rings. The fourth-order valence-electron chi connectivity index (χ4n) is 5.67. The van der Waals surface area contributed by atoms with Crippen molar-refractivity contribution in [3.63, 3.8) is 0 Å². The number of aliphatic carboxylic acids is 3. The molecule has 5 N–H and O–H groups in total. The monoisotopic (exact) mass is 788 g/mol. The van der Waals surface area contributed by atoms with Gasteiger partial charge in [0.1, 0.15) is 0 Å². The highest BCUT2D eigenvalue weighted by molar-refractivity contribution is 7.88. The van der Waals surface area contributed by atoms with Crippen LogP contribution in [-0.4, -0.2) is 81.7 Å². The van der Waals surface area contributed by atoms with E-state index in [1.165, 1.54) is 57.8 Å². The van der Waals surface area contributed by atoms with E-state index in [0.717, 1.165) is 57.3 Å². The maximum Gasteiger partial charge on any atom is 0.328 e. The number of hydrogen-bond acceptors (Lipinski definition) is 9. The van der Waals surface area contributed by atoms with Gasteiger partial charge in [-0.2, -0.15) is 16.8 Å². The molecule has 0 aliphatic heterocycles. The second-order valence-corrected chi connectivity index (χ2v) is 17.9. The molecule has 0 aromatic heterocycles. The normalized spacial score (nSPS) is 13.6. The summed E-state index contributed by atoms with van der Waals surface area (Å²) in [6.07, 6.45) is 18.7. The standard InChI is InChI=1S/C22H42O7S.C14H26O7S/c1-19(2)16-14-12-10-8-6-4-3-5-7-9-11-13-15-17-22(21(25)26,18-20(23)24)30(27,28)29;1-11(2)8-6-4-3-5-7-9-21-14(17)12(10-13(15)16)22(18,19)20/h19H,3-18H2,1-2H3,(H,23,24)(H,25,26)(H,27,28,29);11-12H,3-10H2,1-2H3,(H,15,16)(H,18,19,20). The summed E-state index contributed by atoms with van der Waals surface area (Å²) in [5.74, 6) is -4.60. The topological polar surface area (TPSA) is 247 Å². The molecule has 0 bridgehead atoms. The highest BCUT2D eigenvalue weighted by atomic mass is 32.2. The van der Waals surface area contributed by atoms with E-state index in [4.69, 9.17) is 19.5 Å². The van der Waals surface area contributed by atoms with Crippen molar-refractivity contribution in [2.45, 2.75) is 185 Å². The third-order valence-electron chi connectivity index (χ3n) is 8.84. The molecule has 2 atom stereocenters. The largest absolute Gasteiger partial charge is 0.481 e. The molecule has 0 fully saturated rings. The zero-order valence-electron chi connectivity index (χ0n) is 31.9. The predicted octanol–water partition coefficient (Wildman–Crippen LogP) is 7.94. The molecule has 0 amide bonds. The van der Waals surface area contributed by atoms with Gasteiger partial charge < -0.3 is 20.1 Å². The molecule has 16 heteroatoms. The maximum absolute atomic E-state index is 11.5. The number of hydrogen-bond donors (Lipinski definition) is 5. The molecule has 308 valence electrons. The molecule has 0 aromatic carbocycles. The van der Waals surface area contributed by atoms with Crippen LogP contribution in [0.3, 0.4) is 0 Å². The number of ether oxygens (including phenoxy) is 1. The molecule has 0 radical (unpaired) electrons. The first-order chi connectivity index (χ1) is 24.2. The van der Waals surface area contributed by atoms with Gasteiger partial charge in [-0.25, -0.2) is 0 Å². The first-order valence-electron chi connectivity index (χ1n) is 18.9. The Kier molecular flexibility index (Phi) is 29.0. The lowest BCUT2D eigenvalue weighted by molar-refractivity contribution is -0.147. The van der Waals surface area contributed by atoms with Gasteiger partial charge >= 0.3 is 23.9 Å². The third kappa shape index (κ3) is 27.3. The number of carbonyl (C=O) groups excluding carboxylic acids is 1. The molecule has 0 heterocycles. The van der Waals surface area contributed by atoms with E-state index in [2.05, 4.69) is 27.7 Å². The summed E-state index contributed by atoms with van der Waals surface area (Å²) in [5, 5.41) is 24.6. The van der Waals surface area contributed by atoms with Crippen molar-refractivity contribution in [3.8, 4) is 0 Å². The number of esters is 1. The van der Waals surface area contributed by atoms with Gasteiger partial charge in [-0.05, 0) is 24.7 Å². The van der Waals surface area contributed by atoms with Gasteiger partial charge in [-0.3, -0.25) is 28.3 Å². The third-order valence-corrected chi connectivity index (χ3v) is 11.4. The van der Waals surface area contributed by atoms with Crippen molar-refractivity contribution in [3.05, 3.63) is 0 Å². The van der Waals surface area contributed by atoms with Crippen LogP contribution >= 0.6 is 0 Å². The highest BCUT2D eigenvalue weighted by Gasteiger charge is 2.51. The number of carbonyl (C=O) groups is 4. The molecule has 0 saturated carbocycles. The quantitative estimate of drug-likeness (QED) is 0.0247. The van der Waals surface area contributed by atoms with Crippen LogP contribution in [0.5, 0.6) is 0 Å². The van der Waals surface area contributed by atoms with E-state index in [1.54, 1.807) is 0 Å². The average Bonchev–Trinajstić information content (AvgIpc) is 3.00. The minimum Gasteiger partial charge on any atom is -0.481 e. The summed E-state index contributed by atoms with van der Waals surface area (Å²) >= 11 is 0. The first-order valence-corrected chi connectivity index (χ1v) is 21.9. The summed E-state index contributed by atoms with van der Waals surface area (Å²) in [7, 11) is -9.80. The lowest BCUT2D eigenvalue weighted by Crippen LogP contribution is -2.48. The molecule has 0 rings (SSSR count). The van der Waals surface area contributed by atoms with Gasteiger partial charge in [0.2, 0.25) is 4.75 Å². The van der Waals surface area contributed by atoms with E-state index in [1.807, 2.05) is 0 Å². The molecule has 0 spiro atoms. The Labute approximate surface area is 312 Å². The predicted molar refractivity (Wildman–Crippen MR) is 199 cm³/mol. The summed E-state index contributed by atoms with van der Waals surface area (Å²) in [6.45, 7) is 8.89. The van der Waals surface area contributed by atoms with E-state index in [0.29, 0.717) is 18.8 Å². The smallest absolute Gasteiger partial charge is 0.328 e.